The third-order valence-electron chi connectivity index (χ3n) is 4.42. The second-order valence-corrected chi connectivity index (χ2v) is 6.45. The van der Waals surface area contributed by atoms with E-state index in [1.165, 1.54) is 0 Å². The summed E-state index contributed by atoms with van der Waals surface area (Å²) in [6.45, 7) is 6.13. The predicted molar refractivity (Wildman–Crippen MR) is 93.4 cm³/mol. The zero-order valence-corrected chi connectivity index (χ0v) is 14.6. The first kappa shape index (κ1) is 17.8. The Morgan fingerprint density at radius 3 is 2.76 bits per heavy atom. The van der Waals surface area contributed by atoms with Gasteiger partial charge in [0, 0.05) is 31.9 Å². The van der Waals surface area contributed by atoms with Crippen molar-refractivity contribution in [3.8, 4) is 0 Å². The first-order valence-corrected chi connectivity index (χ1v) is 8.69. The van der Waals surface area contributed by atoms with Crippen LogP contribution in [0.25, 0.3) is 0 Å². The fraction of sp³-hybridized carbons (Fsp3) is 0.556. The number of anilines is 1. The number of hydrogen-bond acceptors (Lipinski definition) is 5. The second kappa shape index (κ2) is 8.42. The van der Waals surface area contributed by atoms with E-state index in [2.05, 4.69) is 5.32 Å². The molecule has 0 aromatic heterocycles. The average molecular weight is 347 g/mol. The van der Waals surface area contributed by atoms with Gasteiger partial charge in [0.05, 0.1) is 26.4 Å². The van der Waals surface area contributed by atoms with Gasteiger partial charge < -0.3 is 19.7 Å². The Morgan fingerprint density at radius 2 is 2.00 bits per heavy atom. The van der Waals surface area contributed by atoms with Gasteiger partial charge in [-0.2, -0.15) is 0 Å². The van der Waals surface area contributed by atoms with Gasteiger partial charge in [0.1, 0.15) is 6.10 Å². The minimum atomic E-state index is -0.501. The summed E-state index contributed by atoms with van der Waals surface area (Å²) in [5.74, 6) is -0.0860. The lowest BCUT2D eigenvalue weighted by Gasteiger charge is -2.35. The normalized spacial score (nSPS) is 21.8. The topological polar surface area (TPSA) is 71.1 Å². The zero-order valence-electron chi connectivity index (χ0n) is 14.6. The highest BCUT2D eigenvalue weighted by molar-refractivity contribution is 5.92. The molecule has 2 fully saturated rings. The summed E-state index contributed by atoms with van der Waals surface area (Å²) in [4.78, 5) is 28.5. The van der Waals surface area contributed by atoms with Crippen LogP contribution in [0.5, 0.6) is 0 Å². The molecule has 1 atom stereocenters. The highest BCUT2D eigenvalue weighted by Gasteiger charge is 2.31. The fourth-order valence-electron chi connectivity index (χ4n) is 3.11. The summed E-state index contributed by atoms with van der Waals surface area (Å²) in [7, 11) is 0. The summed E-state index contributed by atoms with van der Waals surface area (Å²) < 4.78 is 10.9. The number of rotatable bonds is 4. The van der Waals surface area contributed by atoms with E-state index in [9.17, 15) is 9.59 Å². The number of hydrogen-bond donors (Lipinski definition) is 1. The summed E-state index contributed by atoms with van der Waals surface area (Å²) >= 11 is 0. The van der Waals surface area contributed by atoms with Crippen LogP contribution in [-0.4, -0.2) is 80.3 Å². The van der Waals surface area contributed by atoms with Crippen LogP contribution in [0.15, 0.2) is 24.3 Å². The number of morpholine rings is 2. The molecule has 7 heteroatoms. The molecule has 25 heavy (non-hydrogen) atoms. The van der Waals surface area contributed by atoms with Crippen LogP contribution in [-0.2, 0) is 19.1 Å². The van der Waals surface area contributed by atoms with E-state index in [0.29, 0.717) is 46.0 Å². The molecule has 0 saturated carbocycles. The summed E-state index contributed by atoms with van der Waals surface area (Å²) in [5.41, 5.74) is 1.89. The lowest BCUT2D eigenvalue weighted by Crippen LogP contribution is -2.54. The van der Waals surface area contributed by atoms with Crippen molar-refractivity contribution in [3.05, 3.63) is 29.8 Å². The van der Waals surface area contributed by atoms with Crippen LogP contribution in [0.1, 0.15) is 5.56 Å². The maximum absolute atomic E-state index is 12.5. The number of benzene rings is 1. The van der Waals surface area contributed by atoms with Crippen molar-refractivity contribution in [2.45, 2.75) is 13.0 Å². The van der Waals surface area contributed by atoms with Crippen LogP contribution in [0.2, 0.25) is 0 Å². The summed E-state index contributed by atoms with van der Waals surface area (Å²) in [5, 5.41) is 2.90. The molecule has 1 N–H and O–H groups in total. The lowest BCUT2D eigenvalue weighted by molar-refractivity contribution is -0.154. The van der Waals surface area contributed by atoms with E-state index in [0.717, 1.165) is 11.3 Å². The Bertz CT molecular complexity index is 616. The van der Waals surface area contributed by atoms with Gasteiger partial charge >= 0.3 is 0 Å². The fourth-order valence-corrected chi connectivity index (χ4v) is 3.11. The van der Waals surface area contributed by atoms with E-state index in [4.69, 9.17) is 9.47 Å². The van der Waals surface area contributed by atoms with Crippen molar-refractivity contribution < 1.29 is 19.1 Å². The Balaban J connectivity index is 1.50. The maximum Gasteiger partial charge on any atom is 0.253 e. The van der Waals surface area contributed by atoms with Gasteiger partial charge in [-0.3, -0.25) is 14.5 Å². The van der Waals surface area contributed by atoms with Crippen LogP contribution < -0.4 is 5.32 Å². The highest BCUT2D eigenvalue weighted by Crippen LogP contribution is 2.12. The molecule has 2 aliphatic heterocycles. The van der Waals surface area contributed by atoms with Crippen molar-refractivity contribution in [1.29, 1.82) is 0 Å². The molecule has 0 aliphatic carbocycles. The number of aryl methyl sites for hydroxylation is 1. The van der Waals surface area contributed by atoms with Crippen molar-refractivity contribution in [2.75, 3.05) is 57.9 Å². The molecule has 2 heterocycles. The standard InChI is InChI=1S/C18H25N3O4/c1-14-3-2-4-15(11-14)19-17(22)13-20-5-10-25-16(12-20)18(23)21-6-8-24-9-7-21/h2-4,11,16H,5-10,12-13H2,1H3,(H,19,22). The van der Waals surface area contributed by atoms with Crippen LogP contribution in [0, 0.1) is 6.92 Å². The average Bonchev–Trinajstić information content (AvgIpc) is 2.62. The Kier molecular flexibility index (Phi) is 6.01. The van der Waals surface area contributed by atoms with Crippen molar-refractivity contribution >= 4 is 17.5 Å². The largest absolute Gasteiger partial charge is 0.378 e. The molecule has 3 rings (SSSR count). The van der Waals surface area contributed by atoms with Crippen LogP contribution >= 0.6 is 0 Å². The minimum Gasteiger partial charge on any atom is -0.378 e. The number of nitrogens with one attached hydrogen (secondary N) is 1. The Labute approximate surface area is 147 Å². The molecule has 1 aromatic rings. The number of amides is 2. The van der Waals surface area contributed by atoms with Crippen LogP contribution in [0.3, 0.4) is 0 Å². The molecule has 0 bridgehead atoms. The zero-order chi connectivity index (χ0) is 17.6. The number of ether oxygens (including phenoxy) is 2. The smallest absolute Gasteiger partial charge is 0.253 e. The van der Waals surface area contributed by atoms with Crippen LogP contribution in [0.4, 0.5) is 5.69 Å². The SMILES string of the molecule is Cc1cccc(NC(=O)CN2CCOC(C(=O)N3CCOCC3)C2)c1. The van der Waals surface area contributed by atoms with Gasteiger partial charge in [0.2, 0.25) is 5.91 Å². The molecule has 0 spiro atoms. The summed E-state index contributed by atoms with van der Waals surface area (Å²) in [6.07, 6.45) is -0.501. The highest BCUT2D eigenvalue weighted by atomic mass is 16.5. The Hall–Kier alpha value is -1.96. The van der Waals surface area contributed by atoms with Gasteiger partial charge in [-0.1, -0.05) is 12.1 Å². The van der Waals surface area contributed by atoms with Crippen molar-refractivity contribution in [1.82, 2.24) is 9.80 Å². The van der Waals surface area contributed by atoms with Crippen molar-refractivity contribution in [3.63, 3.8) is 0 Å². The van der Waals surface area contributed by atoms with Crippen molar-refractivity contribution in [2.24, 2.45) is 0 Å². The molecule has 7 nitrogen and oxygen atoms in total. The van der Waals surface area contributed by atoms with E-state index >= 15 is 0 Å². The number of nitrogens with zero attached hydrogens (tertiary/aromatic N) is 2. The minimum absolute atomic E-state index is 0.00732. The number of carbonyl (C=O) groups is 2. The van der Waals surface area contributed by atoms with E-state index in [1.54, 1.807) is 4.90 Å². The molecule has 2 amide bonds. The number of carbonyl (C=O) groups excluding carboxylic acids is 2. The summed E-state index contributed by atoms with van der Waals surface area (Å²) in [6, 6.07) is 7.70. The first-order valence-electron chi connectivity index (χ1n) is 8.69. The van der Waals surface area contributed by atoms with Gasteiger partial charge in [-0.05, 0) is 24.6 Å². The van der Waals surface area contributed by atoms with Gasteiger partial charge in [0.25, 0.3) is 5.91 Å². The quantitative estimate of drug-likeness (QED) is 0.859. The second-order valence-electron chi connectivity index (χ2n) is 6.45. The predicted octanol–water partition coefficient (Wildman–Crippen LogP) is 0.493. The lowest BCUT2D eigenvalue weighted by atomic mass is 10.2. The molecular formula is C18H25N3O4. The third kappa shape index (κ3) is 5.01. The third-order valence-corrected chi connectivity index (χ3v) is 4.42. The molecule has 2 aliphatic rings. The molecular weight excluding hydrogens is 322 g/mol. The molecule has 0 radical (unpaired) electrons. The molecule has 1 unspecified atom stereocenters. The van der Waals surface area contributed by atoms with E-state index in [-0.39, 0.29) is 18.4 Å². The monoisotopic (exact) mass is 347 g/mol. The molecule has 136 valence electrons. The van der Waals surface area contributed by atoms with Gasteiger partial charge in [0.15, 0.2) is 0 Å². The van der Waals surface area contributed by atoms with Gasteiger partial charge in [-0.25, -0.2) is 0 Å². The van der Waals surface area contributed by atoms with Gasteiger partial charge in [-0.15, -0.1) is 0 Å². The molecule has 1 aromatic carbocycles. The molecule has 2 saturated heterocycles. The van der Waals surface area contributed by atoms with E-state index in [1.807, 2.05) is 36.1 Å². The van der Waals surface area contributed by atoms with E-state index < -0.39 is 6.10 Å². The first-order chi connectivity index (χ1) is 12.1. The Morgan fingerprint density at radius 1 is 1.20 bits per heavy atom. The maximum atomic E-state index is 12.5.